The summed E-state index contributed by atoms with van der Waals surface area (Å²) < 4.78 is 0. The molecule has 0 aromatic rings. The van der Waals surface area contributed by atoms with E-state index in [0.717, 1.165) is 51.4 Å². The van der Waals surface area contributed by atoms with E-state index in [9.17, 15) is 19.2 Å². The SMILES string of the molecule is O=C1C(CCN2C(=O)C3CCCCC3C2=O)C(=O)C2CCCCC12. The number of imide groups is 1. The summed E-state index contributed by atoms with van der Waals surface area (Å²) in [7, 11) is 0. The molecule has 5 heteroatoms. The molecule has 130 valence electrons. The molecule has 0 spiro atoms. The lowest BCUT2D eigenvalue weighted by molar-refractivity contribution is -0.141. The van der Waals surface area contributed by atoms with Crippen molar-refractivity contribution < 1.29 is 19.2 Å². The van der Waals surface area contributed by atoms with Crippen LogP contribution >= 0.6 is 0 Å². The summed E-state index contributed by atoms with van der Waals surface area (Å²) in [6.45, 7) is 0.242. The summed E-state index contributed by atoms with van der Waals surface area (Å²) in [6, 6.07) is 0. The topological polar surface area (TPSA) is 71.5 Å². The molecule has 4 aliphatic rings. The summed E-state index contributed by atoms with van der Waals surface area (Å²) >= 11 is 0. The van der Waals surface area contributed by atoms with Gasteiger partial charge in [0.2, 0.25) is 11.8 Å². The van der Waals surface area contributed by atoms with E-state index in [1.807, 2.05) is 0 Å². The molecule has 4 unspecified atom stereocenters. The Labute approximate surface area is 142 Å². The Hall–Kier alpha value is -1.52. The summed E-state index contributed by atoms with van der Waals surface area (Å²) in [5.41, 5.74) is 0. The fourth-order valence-electron chi connectivity index (χ4n) is 5.46. The smallest absolute Gasteiger partial charge is 0.233 e. The Balaban J connectivity index is 1.43. The number of ketones is 2. The molecule has 1 saturated heterocycles. The Morgan fingerprint density at radius 3 is 1.54 bits per heavy atom. The minimum absolute atomic E-state index is 0.0694. The first kappa shape index (κ1) is 16.0. The molecule has 5 nitrogen and oxygen atoms in total. The molecule has 4 atom stereocenters. The molecular weight excluding hydrogens is 306 g/mol. The van der Waals surface area contributed by atoms with Crippen molar-refractivity contribution >= 4 is 23.4 Å². The molecule has 24 heavy (non-hydrogen) atoms. The maximum absolute atomic E-state index is 12.6. The van der Waals surface area contributed by atoms with Gasteiger partial charge in [-0.2, -0.15) is 0 Å². The van der Waals surface area contributed by atoms with Crippen LogP contribution in [0.1, 0.15) is 57.8 Å². The summed E-state index contributed by atoms with van der Waals surface area (Å²) in [4.78, 5) is 51.5. The zero-order valence-corrected chi connectivity index (χ0v) is 14.0. The second-order valence-electron chi connectivity index (χ2n) is 7.97. The normalized spacial score (nSPS) is 39.3. The molecule has 4 fully saturated rings. The molecule has 0 aromatic carbocycles. The number of nitrogens with zero attached hydrogens (tertiary/aromatic N) is 1. The molecule has 4 rings (SSSR count). The molecular formula is C19H25NO4. The fourth-order valence-corrected chi connectivity index (χ4v) is 5.46. The van der Waals surface area contributed by atoms with E-state index in [1.165, 1.54) is 4.90 Å². The first-order valence-electron chi connectivity index (χ1n) is 9.52. The van der Waals surface area contributed by atoms with Crippen molar-refractivity contribution in [3.8, 4) is 0 Å². The predicted octanol–water partition coefficient (Wildman–Crippen LogP) is 2.13. The van der Waals surface area contributed by atoms with Gasteiger partial charge in [0, 0.05) is 18.4 Å². The van der Waals surface area contributed by atoms with E-state index >= 15 is 0 Å². The molecule has 3 aliphatic carbocycles. The predicted molar refractivity (Wildman–Crippen MR) is 85.7 cm³/mol. The second kappa shape index (κ2) is 6.08. The van der Waals surface area contributed by atoms with Crippen molar-refractivity contribution in [2.75, 3.05) is 6.54 Å². The van der Waals surface area contributed by atoms with Crippen molar-refractivity contribution in [1.29, 1.82) is 0 Å². The van der Waals surface area contributed by atoms with Crippen LogP contribution in [0.5, 0.6) is 0 Å². The number of rotatable bonds is 3. The van der Waals surface area contributed by atoms with Gasteiger partial charge in [0.05, 0.1) is 17.8 Å². The Kier molecular flexibility index (Phi) is 4.05. The summed E-state index contributed by atoms with van der Waals surface area (Å²) in [6.07, 6.45) is 7.68. The number of fused-ring (bicyclic) bond motifs is 2. The summed E-state index contributed by atoms with van der Waals surface area (Å²) in [5, 5.41) is 0. The number of Topliss-reactive ketones (excluding diaryl/α,β-unsaturated/α-hetero) is 2. The van der Waals surface area contributed by atoms with Crippen LogP contribution in [0, 0.1) is 29.6 Å². The Bertz CT molecular complexity index is 498. The van der Waals surface area contributed by atoms with E-state index in [0.29, 0.717) is 6.42 Å². The lowest BCUT2D eigenvalue weighted by atomic mass is 9.81. The van der Waals surface area contributed by atoms with Crippen molar-refractivity contribution in [3.63, 3.8) is 0 Å². The van der Waals surface area contributed by atoms with Crippen LogP contribution < -0.4 is 0 Å². The van der Waals surface area contributed by atoms with E-state index in [4.69, 9.17) is 0 Å². The van der Waals surface area contributed by atoms with E-state index in [1.54, 1.807) is 0 Å². The monoisotopic (exact) mass is 331 g/mol. The van der Waals surface area contributed by atoms with E-state index in [2.05, 4.69) is 0 Å². The van der Waals surface area contributed by atoms with Gasteiger partial charge in [-0.15, -0.1) is 0 Å². The minimum Gasteiger partial charge on any atom is -0.299 e. The van der Waals surface area contributed by atoms with Gasteiger partial charge in [-0.3, -0.25) is 24.1 Å². The van der Waals surface area contributed by atoms with E-state index < -0.39 is 5.92 Å². The highest BCUT2D eigenvalue weighted by Crippen LogP contribution is 2.42. The van der Waals surface area contributed by atoms with Gasteiger partial charge in [0.15, 0.2) is 0 Å². The molecule has 0 radical (unpaired) electrons. The first-order chi connectivity index (χ1) is 11.6. The molecule has 3 saturated carbocycles. The average molecular weight is 331 g/mol. The quantitative estimate of drug-likeness (QED) is 0.587. The highest BCUT2D eigenvalue weighted by molar-refractivity contribution is 6.11. The van der Waals surface area contributed by atoms with Crippen molar-refractivity contribution in [3.05, 3.63) is 0 Å². The fraction of sp³-hybridized carbons (Fsp3) is 0.789. The largest absolute Gasteiger partial charge is 0.299 e. The zero-order valence-electron chi connectivity index (χ0n) is 14.0. The average Bonchev–Trinajstić information content (AvgIpc) is 3.00. The molecule has 1 aliphatic heterocycles. The van der Waals surface area contributed by atoms with Gasteiger partial charge in [-0.25, -0.2) is 0 Å². The van der Waals surface area contributed by atoms with Crippen molar-refractivity contribution in [2.45, 2.75) is 57.8 Å². The van der Waals surface area contributed by atoms with Gasteiger partial charge in [0.25, 0.3) is 0 Å². The maximum atomic E-state index is 12.6. The van der Waals surface area contributed by atoms with Crippen LogP contribution in [0.3, 0.4) is 0 Å². The summed E-state index contributed by atoms with van der Waals surface area (Å²) in [5.74, 6) is -1.07. The van der Waals surface area contributed by atoms with Gasteiger partial charge < -0.3 is 0 Å². The van der Waals surface area contributed by atoms with Crippen LogP contribution in [-0.4, -0.2) is 34.8 Å². The number of likely N-dealkylation sites (tertiary alicyclic amines) is 1. The van der Waals surface area contributed by atoms with Crippen LogP contribution in [0.15, 0.2) is 0 Å². The van der Waals surface area contributed by atoms with Crippen LogP contribution in [0.4, 0.5) is 0 Å². The first-order valence-corrected chi connectivity index (χ1v) is 9.52. The Morgan fingerprint density at radius 1 is 0.667 bits per heavy atom. The number of carbonyl (C=O) groups is 4. The lowest BCUT2D eigenvalue weighted by Gasteiger charge is -2.21. The number of hydrogen-bond acceptors (Lipinski definition) is 4. The van der Waals surface area contributed by atoms with Gasteiger partial charge in [0.1, 0.15) is 11.6 Å². The minimum atomic E-state index is -0.582. The highest BCUT2D eigenvalue weighted by Gasteiger charge is 2.51. The van der Waals surface area contributed by atoms with Crippen LogP contribution in [0.25, 0.3) is 0 Å². The van der Waals surface area contributed by atoms with E-state index in [-0.39, 0.29) is 53.6 Å². The second-order valence-corrected chi connectivity index (χ2v) is 7.97. The van der Waals surface area contributed by atoms with Gasteiger partial charge in [-0.05, 0) is 32.1 Å². The van der Waals surface area contributed by atoms with Gasteiger partial charge >= 0.3 is 0 Å². The third-order valence-corrected chi connectivity index (χ3v) is 6.76. The number of hydrogen-bond donors (Lipinski definition) is 0. The van der Waals surface area contributed by atoms with Gasteiger partial charge in [-0.1, -0.05) is 25.7 Å². The van der Waals surface area contributed by atoms with Crippen molar-refractivity contribution in [2.24, 2.45) is 29.6 Å². The Morgan fingerprint density at radius 2 is 1.08 bits per heavy atom. The van der Waals surface area contributed by atoms with Crippen molar-refractivity contribution in [1.82, 2.24) is 4.90 Å². The van der Waals surface area contributed by atoms with Crippen LogP contribution in [0.2, 0.25) is 0 Å². The number of carbonyl (C=O) groups excluding carboxylic acids is 4. The lowest BCUT2D eigenvalue weighted by Crippen LogP contribution is -2.34. The molecule has 2 amide bonds. The maximum Gasteiger partial charge on any atom is 0.233 e. The zero-order chi connectivity index (χ0) is 16.8. The molecule has 0 N–H and O–H groups in total. The number of amides is 2. The highest BCUT2D eigenvalue weighted by atomic mass is 16.2. The molecule has 1 heterocycles. The third-order valence-electron chi connectivity index (χ3n) is 6.76. The third kappa shape index (κ3) is 2.35. The molecule has 0 bridgehead atoms. The van der Waals surface area contributed by atoms with Crippen LogP contribution in [-0.2, 0) is 19.2 Å². The molecule has 0 aromatic heterocycles. The standard InChI is InChI=1S/C19H25NO4/c21-16-11-5-1-2-6-12(11)17(22)15(16)9-10-20-18(23)13-7-3-4-8-14(13)19(20)24/h11-15H,1-10H2.